The van der Waals surface area contributed by atoms with E-state index in [9.17, 15) is 9.59 Å². The third-order valence-corrected chi connectivity index (χ3v) is 5.38. The fraction of sp³-hybridized carbons (Fsp3) is 0.167. The van der Waals surface area contributed by atoms with Gasteiger partial charge in [0.25, 0.3) is 5.91 Å². The van der Waals surface area contributed by atoms with Crippen LogP contribution in [0.3, 0.4) is 0 Å². The normalized spacial score (nSPS) is 14.1. The number of carbonyl (C=O) groups excluding carboxylic acids is 2. The quantitative estimate of drug-likeness (QED) is 0.597. The van der Waals surface area contributed by atoms with Crippen LogP contribution in [0.15, 0.2) is 77.4 Å². The number of furan rings is 1. The van der Waals surface area contributed by atoms with Gasteiger partial charge >= 0.3 is 0 Å². The van der Waals surface area contributed by atoms with Crippen LogP contribution in [-0.4, -0.2) is 42.9 Å². The number of anilines is 2. The molecule has 0 spiro atoms. The fourth-order valence-corrected chi connectivity index (χ4v) is 3.77. The Balaban J connectivity index is 1.34. The van der Waals surface area contributed by atoms with E-state index < -0.39 is 0 Å². The second kappa shape index (κ2) is 9.53. The zero-order valence-corrected chi connectivity index (χ0v) is 17.6. The van der Waals surface area contributed by atoms with E-state index in [1.54, 1.807) is 29.2 Å². The number of hydrogen-bond acceptors (Lipinski definition) is 4. The Hall–Kier alpha value is -3.51. The van der Waals surface area contributed by atoms with Crippen molar-refractivity contribution in [3.05, 3.63) is 89.3 Å². The Morgan fingerprint density at radius 2 is 1.74 bits per heavy atom. The Morgan fingerprint density at radius 3 is 2.42 bits per heavy atom. The van der Waals surface area contributed by atoms with Gasteiger partial charge in [0.2, 0.25) is 5.91 Å². The van der Waals surface area contributed by atoms with E-state index >= 15 is 0 Å². The summed E-state index contributed by atoms with van der Waals surface area (Å²) in [6.45, 7) is 2.49. The van der Waals surface area contributed by atoms with Gasteiger partial charge in [-0.15, -0.1) is 0 Å². The molecule has 1 aromatic heterocycles. The van der Waals surface area contributed by atoms with Gasteiger partial charge in [0.15, 0.2) is 5.76 Å². The summed E-state index contributed by atoms with van der Waals surface area (Å²) in [5, 5.41) is 3.38. The third-order valence-electron chi connectivity index (χ3n) is 5.08. The number of halogens is 1. The molecule has 0 atom stereocenters. The maximum absolute atomic E-state index is 12.4. The van der Waals surface area contributed by atoms with E-state index in [0.29, 0.717) is 42.6 Å². The predicted molar refractivity (Wildman–Crippen MR) is 122 cm³/mol. The van der Waals surface area contributed by atoms with Crippen molar-refractivity contribution in [2.45, 2.75) is 0 Å². The molecule has 3 aromatic rings. The van der Waals surface area contributed by atoms with Gasteiger partial charge in [-0.1, -0.05) is 41.9 Å². The molecule has 2 aromatic carbocycles. The number of carbonyl (C=O) groups is 2. The van der Waals surface area contributed by atoms with Gasteiger partial charge in [0.1, 0.15) is 0 Å². The molecule has 31 heavy (non-hydrogen) atoms. The summed E-state index contributed by atoms with van der Waals surface area (Å²) in [6, 6.07) is 18.5. The molecule has 1 saturated heterocycles. The molecular weight excluding hydrogens is 414 g/mol. The number of nitrogens with zero attached hydrogens (tertiary/aromatic N) is 2. The molecule has 2 amide bonds. The zero-order valence-electron chi connectivity index (χ0n) is 16.8. The van der Waals surface area contributed by atoms with Gasteiger partial charge in [0, 0.05) is 37.9 Å². The van der Waals surface area contributed by atoms with Gasteiger partial charge in [-0.05, 0) is 42.0 Å². The van der Waals surface area contributed by atoms with Crippen molar-refractivity contribution >= 4 is 40.9 Å². The van der Waals surface area contributed by atoms with E-state index in [1.165, 1.54) is 12.3 Å². The molecule has 0 saturated carbocycles. The van der Waals surface area contributed by atoms with Crippen LogP contribution in [0.1, 0.15) is 16.1 Å². The summed E-state index contributed by atoms with van der Waals surface area (Å²) in [5.41, 5.74) is 2.46. The second-order valence-corrected chi connectivity index (χ2v) is 7.56. The van der Waals surface area contributed by atoms with E-state index in [4.69, 9.17) is 16.0 Å². The highest BCUT2D eigenvalue weighted by Gasteiger charge is 2.24. The molecular formula is C24H22ClN3O3. The number of rotatable bonds is 5. The van der Waals surface area contributed by atoms with Crippen LogP contribution < -0.4 is 10.2 Å². The summed E-state index contributed by atoms with van der Waals surface area (Å²) >= 11 is 6.49. The molecule has 1 aliphatic heterocycles. The molecule has 2 heterocycles. The molecule has 0 radical (unpaired) electrons. The zero-order chi connectivity index (χ0) is 21.6. The van der Waals surface area contributed by atoms with Crippen molar-refractivity contribution in [2.75, 3.05) is 36.4 Å². The summed E-state index contributed by atoms with van der Waals surface area (Å²) in [6.07, 6.45) is 4.75. The lowest BCUT2D eigenvalue weighted by Crippen LogP contribution is -2.48. The topological polar surface area (TPSA) is 65.8 Å². The smallest absolute Gasteiger partial charge is 0.289 e. The molecule has 0 unspecified atom stereocenters. The predicted octanol–water partition coefficient (Wildman–Crippen LogP) is 4.55. The molecule has 7 heteroatoms. The summed E-state index contributed by atoms with van der Waals surface area (Å²) in [4.78, 5) is 28.5. The minimum Gasteiger partial charge on any atom is -0.459 e. The lowest BCUT2D eigenvalue weighted by atomic mass is 10.2. The molecule has 4 rings (SSSR count). The number of hydrogen-bond donors (Lipinski definition) is 1. The largest absolute Gasteiger partial charge is 0.459 e. The van der Waals surface area contributed by atoms with Crippen molar-refractivity contribution in [3.63, 3.8) is 0 Å². The van der Waals surface area contributed by atoms with Crippen molar-refractivity contribution in [3.8, 4) is 0 Å². The highest BCUT2D eigenvalue weighted by molar-refractivity contribution is 6.33. The highest BCUT2D eigenvalue weighted by atomic mass is 35.5. The molecule has 1 fully saturated rings. The molecule has 158 valence electrons. The standard InChI is InChI=1S/C24H22ClN3O3/c25-20-17-19(26-23(29)11-8-18-5-2-1-3-6-18)9-10-21(20)27-12-14-28(15-13-27)24(30)22-7-4-16-31-22/h1-11,16-17H,12-15H2,(H,26,29)/b11-8+. The van der Waals surface area contributed by atoms with Crippen LogP contribution in [0.25, 0.3) is 6.08 Å². The van der Waals surface area contributed by atoms with Crippen molar-refractivity contribution in [2.24, 2.45) is 0 Å². The third kappa shape index (κ3) is 5.16. The van der Waals surface area contributed by atoms with Crippen molar-refractivity contribution < 1.29 is 14.0 Å². The average molecular weight is 436 g/mol. The first kappa shape index (κ1) is 20.8. The lowest BCUT2D eigenvalue weighted by molar-refractivity contribution is -0.111. The number of piperazine rings is 1. The summed E-state index contributed by atoms with van der Waals surface area (Å²) < 4.78 is 5.20. The molecule has 6 nitrogen and oxygen atoms in total. The van der Waals surface area contributed by atoms with E-state index in [2.05, 4.69) is 10.2 Å². The van der Waals surface area contributed by atoms with Crippen molar-refractivity contribution in [1.82, 2.24) is 4.90 Å². The Bertz CT molecular complexity index is 1070. The Morgan fingerprint density at radius 1 is 0.968 bits per heavy atom. The highest BCUT2D eigenvalue weighted by Crippen LogP contribution is 2.30. The van der Waals surface area contributed by atoms with E-state index in [1.807, 2.05) is 42.5 Å². The van der Waals surface area contributed by atoms with Crippen LogP contribution in [0.5, 0.6) is 0 Å². The first-order chi connectivity index (χ1) is 15.1. The van der Waals surface area contributed by atoms with Crippen LogP contribution in [0.2, 0.25) is 5.02 Å². The van der Waals surface area contributed by atoms with E-state index in [0.717, 1.165) is 11.3 Å². The fourth-order valence-electron chi connectivity index (χ4n) is 3.47. The van der Waals surface area contributed by atoms with E-state index in [-0.39, 0.29) is 11.8 Å². The average Bonchev–Trinajstić information content (AvgIpc) is 3.33. The first-order valence-corrected chi connectivity index (χ1v) is 10.4. The summed E-state index contributed by atoms with van der Waals surface area (Å²) in [7, 11) is 0. The van der Waals surface area contributed by atoms with Crippen LogP contribution in [0.4, 0.5) is 11.4 Å². The maximum atomic E-state index is 12.4. The van der Waals surface area contributed by atoms with Crippen molar-refractivity contribution in [1.29, 1.82) is 0 Å². The SMILES string of the molecule is O=C(/C=C/c1ccccc1)Nc1ccc(N2CCN(C(=O)c3ccco3)CC2)c(Cl)c1. The number of nitrogens with one attached hydrogen (secondary N) is 1. The number of benzene rings is 2. The minimum atomic E-state index is -0.224. The first-order valence-electron chi connectivity index (χ1n) is 10.0. The summed E-state index contributed by atoms with van der Waals surface area (Å²) in [5.74, 6) is 0.0305. The monoisotopic (exact) mass is 435 g/mol. The molecule has 1 N–H and O–H groups in total. The van der Waals surface area contributed by atoms with Gasteiger partial charge < -0.3 is 19.5 Å². The van der Waals surface area contributed by atoms with Crippen LogP contribution in [0, 0.1) is 0 Å². The Labute approximate surface area is 185 Å². The Kier molecular flexibility index (Phi) is 6.38. The van der Waals surface area contributed by atoms with Gasteiger partial charge in [-0.2, -0.15) is 0 Å². The van der Waals surface area contributed by atoms with Gasteiger partial charge in [-0.25, -0.2) is 0 Å². The lowest BCUT2D eigenvalue weighted by Gasteiger charge is -2.36. The molecule has 0 aliphatic carbocycles. The van der Waals surface area contributed by atoms with Crippen LogP contribution in [-0.2, 0) is 4.79 Å². The van der Waals surface area contributed by atoms with Gasteiger partial charge in [-0.3, -0.25) is 9.59 Å². The maximum Gasteiger partial charge on any atom is 0.289 e. The minimum absolute atomic E-state index is 0.0997. The number of amides is 2. The molecule has 0 bridgehead atoms. The molecule has 1 aliphatic rings. The van der Waals surface area contributed by atoms with Gasteiger partial charge in [0.05, 0.1) is 17.0 Å². The van der Waals surface area contributed by atoms with Crippen LogP contribution >= 0.6 is 11.6 Å². The second-order valence-electron chi connectivity index (χ2n) is 7.16.